The van der Waals surface area contributed by atoms with Crippen LogP contribution in [0, 0.1) is 18.2 Å². The van der Waals surface area contributed by atoms with Gasteiger partial charge in [0.1, 0.15) is 11.6 Å². The molecule has 1 aromatic carbocycles. The summed E-state index contributed by atoms with van der Waals surface area (Å²) in [5.74, 6) is 1.50. The Morgan fingerprint density at radius 1 is 1.27 bits per heavy atom. The number of ether oxygens (including phenoxy) is 1. The van der Waals surface area contributed by atoms with E-state index in [1.165, 1.54) is 27.0 Å². The van der Waals surface area contributed by atoms with Crippen LogP contribution in [0.1, 0.15) is 32.3 Å². The van der Waals surface area contributed by atoms with Crippen LogP contribution in [0.5, 0.6) is 5.75 Å². The molecule has 0 saturated carbocycles. The Labute approximate surface area is 127 Å². The minimum atomic E-state index is -4.89. The van der Waals surface area contributed by atoms with E-state index in [4.69, 9.17) is 11.2 Å². The third-order valence-corrected chi connectivity index (χ3v) is 3.55. The first-order chi connectivity index (χ1) is 9.97. The quantitative estimate of drug-likeness (QED) is 0.661. The van der Waals surface area contributed by atoms with E-state index in [1.807, 2.05) is 5.92 Å². The van der Waals surface area contributed by atoms with Gasteiger partial charge in [-0.1, -0.05) is 13.8 Å². The standard InChI is InChI=1S/C16H18F4O2/c1-5-8-15(21,16(18,19)20)10-14(2,3)12-9-11(17)6-7-13(12)22-4/h1,6-7,9,21H,8,10H2,2-4H3/t15-/m0/s1. The number of methoxy groups -OCH3 is 1. The Bertz CT molecular complexity index is 572. The Morgan fingerprint density at radius 3 is 2.32 bits per heavy atom. The summed E-state index contributed by atoms with van der Waals surface area (Å²) >= 11 is 0. The summed E-state index contributed by atoms with van der Waals surface area (Å²) in [5, 5.41) is 9.98. The Morgan fingerprint density at radius 2 is 1.86 bits per heavy atom. The molecule has 0 fully saturated rings. The van der Waals surface area contributed by atoms with Crippen LogP contribution in [0.3, 0.4) is 0 Å². The first-order valence-electron chi connectivity index (χ1n) is 6.53. The second-order valence-corrected chi connectivity index (χ2v) is 5.82. The smallest absolute Gasteiger partial charge is 0.418 e. The SMILES string of the molecule is C#CC[C@](O)(CC(C)(C)c1cc(F)ccc1OC)C(F)(F)F. The van der Waals surface area contributed by atoms with E-state index < -0.39 is 35.9 Å². The minimum Gasteiger partial charge on any atom is -0.496 e. The molecule has 0 spiro atoms. The number of hydrogen-bond acceptors (Lipinski definition) is 2. The zero-order chi connectivity index (χ0) is 17.2. The highest BCUT2D eigenvalue weighted by molar-refractivity contribution is 5.39. The van der Waals surface area contributed by atoms with E-state index in [2.05, 4.69) is 0 Å². The molecule has 6 heteroatoms. The Balaban J connectivity index is 3.30. The van der Waals surface area contributed by atoms with Crippen molar-refractivity contribution >= 4 is 0 Å². The first-order valence-corrected chi connectivity index (χ1v) is 6.53. The van der Waals surface area contributed by atoms with Gasteiger partial charge in [0, 0.05) is 12.0 Å². The maximum Gasteiger partial charge on any atom is 0.418 e. The van der Waals surface area contributed by atoms with Gasteiger partial charge in [0.2, 0.25) is 0 Å². The molecule has 0 amide bonds. The predicted molar refractivity (Wildman–Crippen MR) is 75.0 cm³/mol. The summed E-state index contributed by atoms with van der Waals surface area (Å²) in [5.41, 5.74) is -4.04. The molecule has 1 rings (SSSR count). The molecule has 0 saturated heterocycles. The molecule has 0 heterocycles. The molecule has 0 radical (unpaired) electrons. The molecular formula is C16H18F4O2. The molecule has 122 valence electrons. The van der Waals surface area contributed by atoms with Gasteiger partial charge in [-0.25, -0.2) is 4.39 Å². The van der Waals surface area contributed by atoms with Crippen molar-refractivity contribution in [3.05, 3.63) is 29.6 Å². The normalized spacial score (nSPS) is 15.0. The molecule has 1 aromatic rings. The molecule has 0 bridgehead atoms. The monoisotopic (exact) mass is 318 g/mol. The topological polar surface area (TPSA) is 29.5 Å². The van der Waals surface area contributed by atoms with Gasteiger partial charge in [0.05, 0.1) is 7.11 Å². The van der Waals surface area contributed by atoms with Crippen LogP contribution in [0.2, 0.25) is 0 Å². The fourth-order valence-electron chi connectivity index (χ4n) is 2.47. The van der Waals surface area contributed by atoms with Crippen LogP contribution in [0.15, 0.2) is 18.2 Å². The number of benzene rings is 1. The summed E-state index contributed by atoms with van der Waals surface area (Å²) in [7, 11) is 1.34. The summed E-state index contributed by atoms with van der Waals surface area (Å²) in [6.45, 7) is 2.94. The van der Waals surface area contributed by atoms with Crippen LogP contribution >= 0.6 is 0 Å². The molecule has 0 aliphatic carbocycles. The Hall–Kier alpha value is -1.74. The van der Waals surface area contributed by atoms with Crippen molar-refractivity contribution in [1.29, 1.82) is 0 Å². The van der Waals surface area contributed by atoms with E-state index >= 15 is 0 Å². The number of alkyl halides is 3. The van der Waals surface area contributed by atoms with Crippen LogP contribution in [0.25, 0.3) is 0 Å². The van der Waals surface area contributed by atoms with Crippen molar-refractivity contribution in [2.24, 2.45) is 0 Å². The Kier molecular flexibility index (Phi) is 5.14. The van der Waals surface area contributed by atoms with Gasteiger partial charge in [-0.05, 0) is 30.0 Å². The van der Waals surface area contributed by atoms with Gasteiger partial charge in [-0.15, -0.1) is 12.3 Å². The molecule has 1 atom stereocenters. The maximum atomic E-state index is 13.5. The lowest BCUT2D eigenvalue weighted by molar-refractivity contribution is -0.264. The predicted octanol–water partition coefficient (Wildman–Crippen LogP) is 3.82. The largest absolute Gasteiger partial charge is 0.496 e. The van der Waals surface area contributed by atoms with Gasteiger partial charge >= 0.3 is 6.18 Å². The molecule has 22 heavy (non-hydrogen) atoms. The fraction of sp³-hybridized carbons (Fsp3) is 0.500. The summed E-state index contributed by atoms with van der Waals surface area (Å²) < 4.78 is 58.0. The van der Waals surface area contributed by atoms with Crippen LogP contribution < -0.4 is 4.74 Å². The van der Waals surface area contributed by atoms with E-state index in [9.17, 15) is 22.7 Å². The van der Waals surface area contributed by atoms with Gasteiger partial charge < -0.3 is 9.84 Å². The third kappa shape index (κ3) is 3.72. The van der Waals surface area contributed by atoms with Crippen molar-refractivity contribution in [2.75, 3.05) is 7.11 Å². The average Bonchev–Trinajstić information content (AvgIpc) is 2.37. The second-order valence-electron chi connectivity index (χ2n) is 5.82. The van der Waals surface area contributed by atoms with Crippen LogP contribution in [-0.4, -0.2) is 24.0 Å². The maximum absolute atomic E-state index is 13.5. The van der Waals surface area contributed by atoms with E-state index in [1.54, 1.807) is 0 Å². The van der Waals surface area contributed by atoms with Crippen LogP contribution in [-0.2, 0) is 5.41 Å². The summed E-state index contributed by atoms with van der Waals surface area (Å²) in [6, 6.07) is 3.58. The fourth-order valence-corrected chi connectivity index (χ4v) is 2.47. The number of terminal acetylenes is 1. The van der Waals surface area contributed by atoms with E-state index in [0.29, 0.717) is 0 Å². The van der Waals surface area contributed by atoms with E-state index in [-0.39, 0.29) is 11.3 Å². The molecule has 2 nitrogen and oxygen atoms in total. The zero-order valence-electron chi connectivity index (χ0n) is 12.6. The highest BCUT2D eigenvalue weighted by Crippen LogP contribution is 2.44. The molecule has 0 aliphatic heterocycles. The van der Waals surface area contributed by atoms with Gasteiger partial charge in [-0.3, -0.25) is 0 Å². The van der Waals surface area contributed by atoms with Crippen molar-refractivity contribution in [1.82, 2.24) is 0 Å². The lowest BCUT2D eigenvalue weighted by Gasteiger charge is -2.37. The lowest BCUT2D eigenvalue weighted by Crippen LogP contribution is -2.49. The second kappa shape index (κ2) is 6.17. The first kappa shape index (κ1) is 18.3. The van der Waals surface area contributed by atoms with E-state index in [0.717, 1.165) is 12.1 Å². The van der Waals surface area contributed by atoms with Crippen LogP contribution in [0.4, 0.5) is 17.6 Å². The summed E-state index contributed by atoms with van der Waals surface area (Å²) in [6.07, 6.45) is -1.53. The number of aliphatic hydroxyl groups is 1. The molecule has 0 aliphatic rings. The van der Waals surface area contributed by atoms with Crippen molar-refractivity contribution < 1.29 is 27.4 Å². The highest BCUT2D eigenvalue weighted by Gasteiger charge is 2.55. The number of rotatable bonds is 5. The average molecular weight is 318 g/mol. The molecule has 0 unspecified atom stereocenters. The van der Waals surface area contributed by atoms with Gasteiger partial charge in [-0.2, -0.15) is 13.2 Å². The third-order valence-electron chi connectivity index (χ3n) is 3.55. The van der Waals surface area contributed by atoms with Gasteiger partial charge in [0.15, 0.2) is 5.60 Å². The molecular weight excluding hydrogens is 300 g/mol. The summed E-state index contributed by atoms with van der Waals surface area (Å²) in [4.78, 5) is 0. The molecule has 1 N–H and O–H groups in total. The van der Waals surface area contributed by atoms with Gasteiger partial charge in [0.25, 0.3) is 0 Å². The lowest BCUT2D eigenvalue weighted by atomic mass is 9.73. The van der Waals surface area contributed by atoms with Crippen molar-refractivity contribution in [2.45, 2.75) is 43.9 Å². The van der Waals surface area contributed by atoms with Crippen molar-refractivity contribution in [3.8, 4) is 18.1 Å². The molecule has 0 aromatic heterocycles. The zero-order valence-corrected chi connectivity index (χ0v) is 12.6. The minimum absolute atomic E-state index is 0.231. The number of halogens is 4. The highest BCUT2D eigenvalue weighted by atomic mass is 19.4. The number of hydrogen-bond donors (Lipinski definition) is 1. The van der Waals surface area contributed by atoms with Crippen molar-refractivity contribution in [3.63, 3.8) is 0 Å².